The van der Waals surface area contributed by atoms with Crippen LogP contribution < -0.4 is 10.2 Å². The summed E-state index contributed by atoms with van der Waals surface area (Å²) in [7, 11) is 0. The average molecular weight is 408 g/mol. The normalized spacial score (nSPS) is 13.2. The first-order chi connectivity index (χ1) is 14.3. The van der Waals surface area contributed by atoms with Gasteiger partial charge in [-0.25, -0.2) is 4.79 Å². The van der Waals surface area contributed by atoms with Gasteiger partial charge in [-0.1, -0.05) is 12.1 Å². The van der Waals surface area contributed by atoms with Crippen LogP contribution >= 0.6 is 0 Å². The van der Waals surface area contributed by atoms with Crippen molar-refractivity contribution in [2.45, 2.75) is 25.8 Å². The van der Waals surface area contributed by atoms with E-state index in [9.17, 15) is 29.6 Å². The number of aldehydes is 1. The second-order valence-electron chi connectivity index (χ2n) is 7.10. The largest absolute Gasteiger partial charge is 0.477 e. The maximum absolute atomic E-state index is 12.8. The lowest BCUT2D eigenvalue weighted by atomic mass is 10.0. The number of hydrogen-bond acceptors (Lipinski definition) is 6. The van der Waals surface area contributed by atoms with Gasteiger partial charge in [0.05, 0.1) is 15.9 Å². The summed E-state index contributed by atoms with van der Waals surface area (Å²) in [5, 5.41) is 21.4. The predicted octanol–water partition coefficient (Wildman–Crippen LogP) is 3.86. The van der Waals surface area contributed by atoms with Crippen molar-refractivity contribution in [1.29, 1.82) is 0 Å². The van der Waals surface area contributed by atoms with Gasteiger partial charge in [-0.05, 0) is 43.5 Å². The van der Waals surface area contributed by atoms with Gasteiger partial charge in [0.15, 0.2) is 6.29 Å². The van der Waals surface area contributed by atoms with Crippen molar-refractivity contribution in [2.24, 2.45) is 0 Å². The second-order valence-corrected chi connectivity index (χ2v) is 7.10. The molecular weight excluding hydrogens is 392 g/mol. The molecular formula is C21H16N2O7. The number of pyridine rings is 1. The first kappa shape index (κ1) is 19.3. The van der Waals surface area contributed by atoms with Gasteiger partial charge in [0.1, 0.15) is 16.8 Å². The highest BCUT2D eigenvalue weighted by atomic mass is 16.6. The van der Waals surface area contributed by atoms with Crippen molar-refractivity contribution in [1.82, 2.24) is 4.57 Å². The van der Waals surface area contributed by atoms with E-state index in [4.69, 9.17) is 4.74 Å². The number of aromatic carboxylic acids is 1. The Kier molecular flexibility index (Phi) is 4.57. The Morgan fingerprint density at radius 1 is 1.33 bits per heavy atom. The molecule has 0 spiro atoms. The molecule has 1 N–H and O–H groups in total. The third-order valence-electron chi connectivity index (χ3n) is 5.04. The predicted molar refractivity (Wildman–Crippen MR) is 107 cm³/mol. The van der Waals surface area contributed by atoms with Gasteiger partial charge in [0.2, 0.25) is 11.2 Å². The van der Waals surface area contributed by atoms with Crippen LogP contribution in [0.1, 0.15) is 45.2 Å². The van der Waals surface area contributed by atoms with Crippen LogP contribution in [0.5, 0.6) is 11.5 Å². The zero-order valence-electron chi connectivity index (χ0n) is 15.8. The van der Waals surface area contributed by atoms with Crippen molar-refractivity contribution in [3.63, 3.8) is 0 Å². The van der Waals surface area contributed by atoms with E-state index in [-0.39, 0.29) is 39.6 Å². The molecule has 1 saturated carbocycles. The third kappa shape index (κ3) is 3.10. The molecule has 0 atom stereocenters. The molecule has 152 valence electrons. The first-order valence-electron chi connectivity index (χ1n) is 9.15. The highest BCUT2D eigenvalue weighted by molar-refractivity contribution is 5.97. The first-order valence-corrected chi connectivity index (χ1v) is 9.15. The summed E-state index contributed by atoms with van der Waals surface area (Å²) in [5.41, 5.74) is -1.17. The summed E-state index contributed by atoms with van der Waals surface area (Å²) in [6, 6.07) is 7.56. The van der Waals surface area contributed by atoms with Crippen LogP contribution in [-0.2, 0) is 0 Å². The maximum Gasteiger partial charge on any atom is 0.341 e. The summed E-state index contributed by atoms with van der Waals surface area (Å²) in [4.78, 5) is 47.0. The van der Waals surface area contributed by atoms with Crippen LogP contribution in [0.2, 0.25) is 0 Å². The molecule has 1 heterocycles. The maximum atomic E-state index is 12.8. The SMILES string of the molecule is Cc1cc2c(=O)c(C(=O)O)cn(C3CC3)c2c([N+](=O)[O-])c1Oc1ccccc1C=O. The van der Waals surface area contributed by atoms with Gasteiger partial charge in [0.25, 0.3) is 0 Å². The minimum atomic E-state index is -1.39. The van der Waals surface area contributed by atoms with Crippen LogP contribution in [0.3, 0.4) is 0 Å². The fourth-order valence-corrected chi connectivity index (χ4v) is 3.49. The lowest BCUT2D eigenvalue weighted by Gasteiger charge is -2.16. The third-order valence-corrected chi connectivity index (χ3v) is 5.04. The number of carbonyl (C=O) groups excluding carboxylic acids is 1. The number of nitro groups is 1. The summed E-state index contributed by atoms with van der Waals surface area (Å²) in [6.07, 6.45) is 3.17. The van der Waals surface area contributed by atoms with Gasteiger partial charge >= 0.3 is 11.7 Å². The van der Waals surface area contributed by atoms with E-state index in [1.54, 1.807) is 12.1 Å². The Morgan fingerprint density at radius 3 is 2.63 bits per heavy atom. The van der Waals surface area contributed by atoms with E-state index >= 15 is 0 Å². The molecule has 0 amide bonds. The van der Waals surface area contributed by atoms with E-state index in [0.29, 0.717) is 19.1 Å². The average Bonchev–Trinajstić information content (AvgIpc) is 3.54. The number of aryl methyl sites for hydroxylation is 1. The Balaban J connectivity index is 2.08. The molecule has 0 saturated heterocycles. The Bertz CT molecular complexity index is 1290. The zero-order chi connectivity index (χ0) is 21.6. The van der Waals surface area contributed by atoms with Crippen molar-refractivity contribution in [3.05, 3.63) is 73.6 Å². The molecule has 0 aliphatic heterocycles. The molecule has 4 rings (SSSR count). The smallest absolute Gasteiger partial charge is 0.341 e. The van der Waals surface area contributed by atoms with Crippen molar-refractivity contribution in [2.75, 3.05) is 0 Å². The fraction of sp³-hybridized carbons (Fsp3) is 0.190. The number of hydrogen-bond donors (Lipinski definition) is 1. The molecule has 0 radical (unpaired) electrons. The van der Waals surface area contributed by atoms with E-state index in [1.807, 2.05) is 0 Å². The summed E-state index contributed by atoms with van der Waals surface area (Å²) >= 11 is 0. The van der Waals surface area contributed by atoms with Crippen LogP contribution in [0.4, 0.5) is 5.69 Å². The minimum Gasteiger partial charge on any atom is -0.477 e. The number of para-hydroxylation sites is 1. The number of nitrogens with zero attached hydrogens (tertiary/aromatic N) is 2. The van der Waals surface area contributed by atoms with Crippen LogP contribution in [0, 0.1) is 17.0 Å². The molecule has 9 nitrogen and oxygen atoms in total. The number of carboxylic acid groups (broad SMARTS) is 1. The number of aromatic nitrogens is 1. The van der Waals surface area contributed by atoms with Gasteiger partial charge in [0, 0.05) is 12.2 Å². The van der Waals surface area contributed by atoms with Gasteiger partial charge in [-0.3, -0.25) is 19.7 Å². The molecule has 30 heavy (non-hydrogen) atoms. The molecule has 1 aliphatic rings. The molecule has 1 aliphatic carbocycles. The molecule has 2 aromatic carbocycles. The number of rotatable bonds is 6. The molecule has 0 unspecified atom stereocenters. The number of nitro benzene ring substituents is 1. The van der Waals surface area contributed by atoms with Crippen LogP contribution in [-0.4, -0.2) is 26.9 Å². The van der Waals surface area contributed by atoms with Crippen molar-refractivity contribution < 1.29 is 24.4 Å². The fourth-order valence-electron chi connectivity index (χ4n) is 3.49. The molecule has 1 fully saturated rings. The Hall–Kier alpha value is -4.01. The lowest BCUT2D eigenvalue weighted by molar-refractivity contribution is -0.384. The molecule has 1 aromatic heterocycles. The summed E-state index contributed by atoms with van der Waals surface area (Å²) in [5.74, 6) is -1.35. The molecule has 9 heteroatoms. The molecule has 0 bridgehead atoms. The van der Waals surface area contributed by atoms with E-state index in [1.165, 1.54) is 29.7 Å². The molecule has 3 aromatic rings. The monoisotopic (exact) mass is 408 g/mol. The number of carboxylic acids is 1. The highest BCUT2D eigenvalue weighted by Crippen LogP contribution is 2.44. The topological polar surface area (TPSA) is 129 Å². The summed E-state index contributed by atoms with van der Waals surface area (Å²) < 4.78 is 7.28. The van der Waals surface area contributed by atoms with Crippen molar-refractivity contribution in [3.8, 4) is 11.5 Å². The van der Waals surface area contributed by atoms with E-state index in [2.05, 4.69) is 0 Å². The van der Waals surface area contributed by atoms with E-state index < -0.39 is 27.6 Å². The van der Waals surface area contributed by atoms with Crippen LogP contribution in [0.25, 0.3) is 10.9 Å². The quantitative estimate of drug-likeness (QED) is 0.372. The number of benzene rings is 2. The van der Waals surface area contributed by atoms with Crippen LogP contribution in [0.15, 0.2) is 41.3 Å². The second kappa shape index (κ2) is 7.11. The van der Waals surface area contributed by atoms with Gasteiger partial charge in [-0.15, -0.1) is 0 Å². The van der Waals surface area contributed by atoms with Gasteiger partial charge < -0.3 is 14.4 Å². The Morgan fingerprint density at radius 2 is 2.03 bits per heavy atom. The minimum absolute atomic E-state index is 0.0154. The summed E-state index contributed by atoms with van der Waals surface area (Å²) in [6.45, 7) is 1.53. The number of carbonyl (C=O) groups is 2. The van der Waals surface area contributed by atoms with Gasteiger partial charge in [-0.2, -0.15) is 0 Å². The zero-order valence-corrected chi connectivity index (χ0v) is 15.8. The lowest BCUT2D eigenvalue weighted by Crippen LogP contribution is -2.19. The Labute approximate surface area is 169 Å². The van der Waals surface area contributed by atoms with E-state index in [0.717, 1.165) is 6.20 Å². The number of ether oxygens (including phenoxy) is 1. The highest BCUT2D eigenvalue weighted by Gasteiger charge is 2.33. The standard InChI is InChI=1S/C21H16N2O7/c1-11-8-14-17(22(13-6-7-13)9-15(19(14)25)21(26)27)18(23(28)29)20(11)30-16-5-3-2-4-12(16)10-24/h2-5,8-10,13H,6-7H2,1H3,(H,26,27). The number of fused-ring (bicyclic) bond motifs is 1. The van der Waals surface area contributed by atoms with Crippen molar-refractivity contribution >= 4 is 28.8 Å².